The molecule has 0 saturated carbocycles. The summed E-state index contributed by atoms with van der Waals surface area (Å²) in [6.07, 6.45) is 0. The summed E-state index contributed by atoms with van der Waals surface area (Å²) < 4.78 is 30.8. The van der Waals surface area contributed by atoms with Crippen molar-refractivity contribution in [3.05, 3.63) is 24.3 Å². The highest BCUT2D eigenvalue weighted by Gasteiger charge is 2.24. The van der Waals surface area contributed by atoms with E-state index in [4.69, 9.17) is 14.9 Å². The minimum atomic E-state index is -3.99. The Morgan fingerprint density at radius 2 is 1.95 bits per heavy atom. The molecule has 106 valence electrons. The molecule has 7 nitrogen and oxygen atoms in total. The van der Waals surface area contributed by atoms with Crippen molar-refractivity contribution in [3.63, 3.8) is 0 Å². The molecule has 1 atom stereocenters. The van der Waals surface area contributed by atoms with Crippen molar-refractivity contribution in [2.24, 2.45) is 0 Å². The van der Waals surface area contributed by atoms with Gasteiger partial charge in [0.2, 0.25) is 10.0 Å². The van der Waals surface area contributed by atoms with E-state index in [1.165, 1.54) is 24.3 Å². The Labute approximate surface area is 110 Å². The van der Waals surface area contributed by atoms with E-state index >= 15 is 0 Å². The number of rotatable bonds is 7. The molecule has 0 aliphatic heterocycles. The summed E-state index contributed by atoms with van der Waals surface area (Å²) in [5.74, 6) is -0.935. The molecule has 0 heterocycles. The van der Waals surface area contributed by atoms with Crippen LogP contribution >= 0.6 is 0 Å². The van der Waals surface area contributed by atoms with Crippen LogP contribution in [0.2, 0.25) is 0 Å². The quantitative estimate of drug-likeness (QED) is 0.641. The highest BCUT2D eigenvalue weighted by Crippen LogP contribution is 2.16. The van der Waals surface area contributed by atoms with Gasteiger partial charge in [-0.05, 0) is 31.2 Å². The molecule has 1 unspecified atom stereocenters. The van der Waals surface area contributed by atoms with Gasteiger partial charge in [-0.3, -0.25) is 4.79 Å². The number of hydrogen-bond acceptors (Lipinski definition) is 5. The molecule has 0 saturated heterocycles. The van der Waals surface area contributed by atoms with Gasteiger partial charge in [-0.1, -0.05) is 0 Å². The Morgan fingerprint density at radius 3 is 2.37 bits per heavy atom. The third-order valence-electron chi connectivity index (χ3n) is 2.22. The average Bonchev–Trinajstić information content (AvgIpc) is 2.37. The van der Waals surface area contributed by atoms with E-state index in [-0.39, 0.29) is 4.90 Å². The lowest BCUT2D eigenvalue weighted by atomic mass is 10.3. The van der Waals surface area contributed by atoms with E-state index < -0.39 is 28.6 Å². The first kappa shape index (κ1) is 15.4. The van der Waals surface area contributed by atoms with Gasteiger partial charge in [-0.15, -0.1) is 0 Å². The fraction of sp³-hybridized carbons (Fsp3) is 0.364. The third kappa shape index (κ3) is 4.19. The van der Waals surface area contributed by atoms with Crippen LogP contribution in [0.1, 0.15) is 6.92 Å². The molecule has 8 heteroatoms. The van der Waals surface area contributed by atoms with Crippen LogP contribution < -0.4 is 9.46 Å². The SMILES string of the molecule is CCOc1ccc(S(=O)(=O)NC(CO)C(=O)O)cc1. The third-order valence-corrected chi connectivity index (χ3v) is 3.71. The zero-order chi connectivity index (χ0) is 14.5. The van der Waals surface area contributed by atoms with Gasteiger partial charge < -0.3 is 14.9 Å². The van der Waals surface area contributed by atoms with Crippen LogP contribution in [0.5, 0.6) is 5.75 Å². The summed E-state index contributed by atoms with van der Waals surface area (Å²) in [6.45, 7) is 1.42. The Hall–Kier alpha value is -1.64. The molecule has 0 spiro atoms. The van der Waals surface area contributed by atoms with Crippen molar-refractivity contribution < 1.29 is 28.2 Å². The van der Waals surface area contributed by atoms with E-state index in [0.717, 1.165) is 0 Å². The predicted molar refractivity (Wildman–Crippen MR) is 66.4 cm³/mol. The van der Waals surface area contributed by atoms with E-state index in [1.807, 2.05) is 4.72 Å². The number of ether oxygens (including phenoxy) is 1. The maximum atomic E-state index is 11.8. The fourth-order valence-corrected chi connectivity index (χ4v) is 2.48. The monoisotopic (exact) mass is 289 g/mol. The second-order valence-corrected chi connectivity index (χ2v) is 5.31. The van der Waals surface area contributed by atoms with E-state index in [1.54, 1.807) is 6.92 Å². The second-order valence-electron chi connectivity index (χ2n) is 3.60. The first-order chi connectivity index (χ1) is 8.90. The molecule has 1 aromatic carbocycles. The molecule has 0 aromatic heterocycles. The second kappa shape index (κ2) is 6.50. The molecule has 0 amide bonds. The zero-order valence-corrected chi connectivity index (χ0v) is 11.1. The molecule has 19 heavy (non-hydrogen) atoms. The molecule has 1 aromatic rings. The van der Waals surface area contributed by atoms with Gasteiger partial charge in [0.25, 0.3) is 0 Å². The highest BCUT2D eigenvalue weighted by molar-refractivity contribution is 7.89. The molecule has 3 N–H and O–H groups in total. The van der Waals surface area contributed by atoms with Crippen molar-refractivity contribution in [1.29, 1.82) is 0 Å². The lowest BCUT2D eigenvalue weighted by Gasteiger charge is -2.12. The fourth-order valence-electron chi connectivity index (χ4n) is 1.30. The minimum absolute atomic E-state index is 0.101. The van der Waals surface area contributed by atoms with Crippen LogP contribution in [0.25, 0.3) is 0 Å². The van der Waals surface area contributed by atoms with Crippen molar-refractivity contribution >= 4 is 16.0 Å². The van der Waals surface area contributed by atoms with Crippen LogP contribution in [-0.4, -0.2) is 43.9 Å². The minimum Gasteiger partial charge on any atom is -0.494 e. The molecule has 0 radical (unpaired) electrons. The van der Waals surface area contributed by atoms with Gasteiger partial charge in [0, 0.05) is 0 Å². The number of nitrogens with one attached hydrogen (secondary N) is 1. The highest BCUT2D eigenvalue weighted by atomic mass is 32.2. The van der Waals surface area contributed by atoms with E-state index in [0.29, 0.717) is 12.4 Å². The van der Waals surface area contributed by atoms with Crippen molar-refractivity contribution in [1.82, 2.24) is 4.72 Å². The van der Waals surface area contributed by atoms with E-state index in [2.05, 4.69) is 0 Å². The first-order valence-electron chi connectivity index (χ1n) is 5.49. The number of aliphatic carboxylic acids is 1. The Kier molecular flexibility index (Phi) is 5.28. The molecule has 0 fully saturated rings. The molecule has 0 aliphatic rings. The Morgan fingerprint density at radius 1 is 1.37 bits per heavy atom. The molecule has 0 aliphatic carbocycles. The number of aliphatic hydroxyl groups is 1. The smallest absolute Gasteiger partial charge is 0.324 e. The summed E-state index contributed by atoms with van der Waals surface area (Å²) in [5.41, 5.74) is 0. The summed E-state index contributed by atoms with van der Waals surface area (Å²) in [6, 6.07) is 3.95. The van der Waals surface area contributed by atoms with Gasteiger partial charge in [-0.2, -0.15) is 4.72 Å². The van der Waals surface area contributed by atoms with Crippen molar-refractivity contribution in [2.75, 3.05) is 13.2 Å². The average molecular weight is 289 g/mol. The number of carboxylic acid groups (broad SMARTS) is 1. The lowest BCUT2D eigenvalue weighted by Crippen LogP contribution is -2.43. The first-order valence-corrected chi connectivity index (χ1v) is 6.98. The van der Waals surface area contributed by atoms with Crippen LogP contribution in [0.15, 0.2) is 29.2 Å². The van der Waals surface area contributed by atoms with Crippen LogP contribution in [0.3, 0.4) is 0 Å². The van der Waals surface area contributed by atoms with E-state index in [9.17, 15) is 13.2 Å². The zero-order valence-electron chi connectivity index (χ0n) is 10.2. The van der Waals surface area contributed by atoms with Gasteiger partial charge in [-0.25, -0.2) is 8.42 Å². The van der Waals surface area contributed by atoms with Gasteiger partial charge in [0.1, 0.15) is 11.8 Å². The standard InChI is InChI=1S/C11H15NO6S/c1-2-18-8-3-5-9(6-4-8)19(16,17)12-10(7-13)11(14)15/h3-6,10,12-13H,2,7H2,1H3,(H,14,15). The van der Waals surface area contributed by atoms with Gasteiger partial charge in [0.05, 0.1) is 18.1 Å². The summed E-state index contributed by atoms with van der Waals surface area (Å²) in [4.78, 5) is 10.6. The van der Waals surface area contributed by atoms with Crippen LogP contribution in [0.4, 0.5) is 0 Å². The number of carboxylic acids is 1. The number of carbonyl (C=O) groups is 1. The summed E-state index contributed by atoms with van der Waals surface area (Å²) in [7, 11) is -3.99. The maximum absolute atomic E-state index is 11.8. The van der Waals surface area contributed by atoms with Crippen molar-refractivity contribution in [2.45, 2.75) is 17.9 Å². The predicted octanol–water partition coefficient (Wildman–Crippen LogP) is -0.191. The molecule has 1 rings (SSSR count). The van der Waals surface area contributed by atoms with Gasteiger partial charge >= 0.3 is 5.97 Å². The topological polar surface area (TPSA) is 113 Å². The summed E-state index contributed by atoms with van der Waals surface area (Å²) >= 11 is 0. The van der Waals surface area contributed by atoms with Gasteiger partial charge in [0.15, 0.2) is 0 Å². The Bertz CT molecular complexity index is 525. The summed E-state index contributed by atoms with van der Waals surface area (Å²) in [5, 5.41) is 17.5. The maximum Gasteiger partial charge on any atom is 0.324 e. The Balaban J connectivity index is 2.90. The number of hydrogen-bond donors (Lipinski definition) is 3. The molecular weight excluding hydrogens is 274 g/mol. The largest absolute Gasteiger partial charge is 0.494 e. The number of sulfonamides is 1. The van der Waals surface area contributed by atoms with Crippen LogP contribution in [0, 0.1) is 0 Å². The molecular formula is C11H15NO6S. The normalized spacial score (nSPS) is 12.9. The lowest BCUT2D eigenvalue weighted by molar-refractivity contribution is -0.139. The van der Waals surface area contributed by atoms with Crippen molar-refractivity contribution in [3.8, 4) is 5.75 Å². The van der Waals surface area contributed by atoms with Crippen LogP contribution in [-0.2, 0) is 14.8 Å². The molecule has 0 bridgehead atoms. The number of aliphatic hydroxyl groups excluding tert-OH is 1. The number of benzene rings is 1.